The number of carbonyl (C=O) groups excluding carboxylic acids is 1. The fraction of sp³-hybridized carbons (Fsp3) is 0.267. The summed E-state index contributed by atoms with van der Waals surface area (Å²) >= 11 is 1.49. The third kappa shape index (κ3) is 2.29. The van der Waals surface area contributed by atoms with Crippen LogP contribution in [-0.2, 0) is 0 Å². The van der Waals surface area contributed by atoms with Crippen LogP contribution >= 0.6 is 11.3 Å². The molecule has 1 aliphatic rings. The van der Waals surface area contributed by atoms with Crippen LogP contribution in [0.3, 0.4) is 0 Å². The summed E-state index contributed by atoms with van der Waals surface area (Å²) in [5, 5.41) is 11.0. The second-order valence-corrected chi connectivity index (χ2v) is 5.70. The zero-order valence-corrected chi connectivity index (χ0v) is 11.3. The predicted molar refractivity (Wildman–Crippen MR) is 76.2 cm³/mol. The smallest absolute Gasteiger partial charge is 0.264 e. The molecule has 1 aromatic heterocycles. The summed E-state index contributed by atoms with van der Waals surface area (Å²) in [6, 6.07) is 12.0. The van der Waals surface area contributed by atoms with E-state index in [-0.39, 0.29) is 18.4 Å². The summed E-state index contributed by atoms with van der Waals surface area (Å²) in [6.07, 6.45) is 0. The summed E-state index contributed by atoms with van der Waals surface area (Å²) < 4.78 is 0. The van der Waals surface area contributed by atoms with Crippen molar-refractivity contribution >= 4 is 17.2 Å². The Balaban J connectivity index is 1.83. The molecule has 1 amide bonds. The molecule has 1 fully saturated rings. The maximum absolute atomic E-state index is 12.4. The van der Waals surface area contributed by atoms with Gasteiger partial charge in [-0.25, -0.2) is 0 Å². The van der Waals surface area contributed by atoms with Crippen molar-refractivity contribution in [2.24, 2.45) is 5.92 Å². The Morgan fingerprint density at radius 2 is 2.00 bits per heavy atom. The molecule has 2 heterocycles. The standard InChI is InChI=1S/C15H15NO2S/c17-10-11-8-16(9-11)15(18)14-13(6-7-19-14)12-4-2-1-3-5-12/h1-7,11,17H,8-10H2. The van der Waals surface area contributed by atoms with Gasteiger partial charge in [-0.3, -0.25) is 4.79 Å². The molecule has 0 atom stereocenters. The van der Waals surface area contributed by atoms with Crippen molar-refractivity contribution in [3.8, 4) is 11.1 Å². The largest absolute Gasteiger partial charge is 0.396 e. The fourth-order valence-corrected chi connectivity index (χ4v) is 3.20. The first-order valence-corrected chi connectivity index (χ1v) is 7.20. The van der Waals surface area contributed by atoms with Crippen LogP contribution in [0.1, 0.15) is 9.67 Å². The number of carbonyl (C=O) groups is 1. The first-order chi connectivity index (χ1) is 9.29. The van der Waals surface area contributed by atoms with E-state index in [2.05, 4.69) is 0 Å². The third-order valence-corrected chi connectivity index (χ3v) is 4.35. The van der Waals surface area contributed by atoms with Gasteiger partial charge in [-0.05, 0) is 17.0 Å². The Kier molecular flexibility index (Phi) is 3.36. The minimum atomic E-state index is 0.0820. The summed E-state index contributed by atoms with van der Waals surface area (Å²) in [5.74, 6) is 0.336. The number of hydrogen-bond acceptors (Lipinski definition) is 3. The van der Waals surface area contributed by atoms with E-state index in [1.165, 1.54) is 11.3 Å². The molecular weight excluding hydrogens is 258 g/mol. The first kappa shape index (κ1) is 12.4. The fourth-order valence-electron chi connectivity index (χ4n) is 2.31. The van der Waals surface area contributed by atoms with Gasteiger partial charge in [0.2, 0.25) is 0 Å². The number of nitrogens with zero attached hydrogens (tertiary/aromatic N) is 1. The normalized spacial score (nSPS) is 15.3. The maximum Gasteiger partial charge on any atom is 0.264 e. The molecule has 1 saturated heterocycles. The molecule has 19 heavy (non-hydrogen) atoms. The maximum atomic E-state index is 12.4. The van der Waals surface area contributed by atoms with Gasteiger partial charge in [0, 0.05) is 31.2 Å². The molecule has 0 bridgehead atoms. The van der Waals surface area contributed by atoms with Gasteiger partial charge >= 0.3 is 0 Å². The molecule has 98 valence electrons. The number of thiophene rings is 1. The highest BCUT2D eigenvalue weighted by Gasteiger charge is 2.32. The predicted octanol–water partition coefficient (Wildman–Crippen LogP) is 2.48. The van der Waals surface area contributed by atoms with Crippen LogP contribution in [-0.4, -0.2) is 35.6 Å². The van der Waals surface area contributed by atoms with E-state index >= 15 is 0 Å². The second-order valence-electron chi connectivity index (χ2n) is 4.79. The molecule has 0 aliphatic carbocycles. The Bertz CT molecular complexity index is 573. The van der Waals surface area contributed by atoms with Gasteiger partial charge < -0.3 is 10.0 Å². The van der Waals surface area contributed by atoms with Crippen molar-refractivity contribution in [2.75, 3.05) is 19.7 Å². The van der Waals surface area contributed by atoms with Crippen LogP contribution in [0.4, 0.5) is 0 Å². The zero-order chi connectivity index (χ0) is 13.2. The summed E-state index contributed by atoms with van der Waals surface area (Å²) in [4.78, 5) is 15.0. The van der Waals surface area contributed by atoms with Crippen LogP contribution in [0.25, 0.3) is 11.1 Å². The molecule has 0 saturated carbocycles. The van der Waals surface area contributed by atoms with Crippen molar-refractivity contribution in [1.29, 1.82) is 0 Å². The molecule has 1 aromatic carbocycles. The van der Waals surface area contributed by atoms with Crippen LogP contribution in [0, 0.1) is 5.92 Å². The van der Waals surface area contributed by atoms with Gasteiger partial charge in [-0.1, -0.05) is 30.3 Å². The highest BCUT2D eigenvalue weighted by atomic mass is 32.1. The number of benzene rings is 1. The average molecular weight is 273 g/mol. The van der Waals surface area contributed by atoms with E-state index in [0.717, 1.165) is 16.0 Å². The Morgan fingerprint density at radius 3 is 2.68 bits per heavy atom. The molecule has 4 heteroatoms. The number of rotatable bonds is 3. The quantitative estimate of drug-likeness (QED) is 0.933. The number of likely N-dealkylation sites (tertiary alicyclic amines) is 1. The highest BCUT2D eigenvalue weighted by Crippen LogP contribution is 2.31. The van der Waals surface area contributed by atoms with E-state index in [1.54, 1.807) is 4.90 Å². The van der Waals surface area contributed by atoms with E-state index in [4.69, 9.17) is 5.11 Å². The third-order valence-electron chi connectivity index (χ3n) is 3.45. The summed E-state index contributed by atoms with van der Waals surface area (Å²) in [6.45, 7) is 1.50. The van der Waals surface area contributed by atoms with Crippen molar-refractivity contribution < 1.29 is 9.90 Å². The summed E-state index contributed by atoms with van der Waals surface area (Å²) in [7, 11) is 0. The van der Waals surface area contributed by atoms with Crippen LogP contribution in [0.2, 0.25) is 0 Å². The Labute approximate surface area is 116 Å². The van der Waals surface area contributed by atoms with Gasteiger partial charge in [0.1, 0.15) is 0 Å². The number of aliphatic hydroxyl groups is 1. The lowest BCUT2D eigenvalue weighted by Crippen LogP contribution is -2.51. The van der Waals surface area contributed by atoms with E-state index in [0.29, 0.717) is 13.1 Å². The van der Waals surface area contributed by atoms with Gasteiger partial charge in [0.25, 0.3) is 5.91 Å². The van der Waals surface area contributed by atoms with Gasteiger partial charge in [0.05, 0.1) is 4.88 Å². The number of amides is 1. The molecule has 1 aliphatic heterocycles. The lowest BCUT2D eigenvalue weighted by Gasteiger charge is -2.38. The molecule has 0 unspecified atom stereocenters. The van der Waals surface area contributed by atoms with Crippen LogP contribution in [0.15, 0.2) is 41.8 Å². The van der Waals surface area contributed by atoms with Gasteiger partial charge in [-0.15, -0.1) is 11.3 Å². The number of hydrogen-bond donors (Lipinski definition) is 1. The molecule has 0 radical (unpaired) electrons. The topological polar surface area (TPSA) is 40.5 Å². The van der Waals surface area contributed by atoms with Crippen molar-refractivity contribution in [1.82, 2.24) is 4.90 Å². The average Bonchev–Trinajstić information content (AvgIpc) is 2.87. The molecule has 3 rings (SSSR count). The zero-order valence-electron chi connectivity index (χ0n) is 10.5. The lowest BCUT2D eigenvalue weighted by atomic mass is 10.00. The van der Waals surface area contributed by atoms with Crippen LogP contribution in [0.5, 0.6) is 0 Å². The SMILES string of the molecule is O=C(c1sccc1-c1ccccc1)N1CC(CO)C1. The van der Waals surface area contributed by atoms with E-state index in [1.807, 2.05) is 41.8 Å². The van der Waals surface area contributed by atoms with Crippen molar-refractivity contribution in [3.63, 3.8) is 0 Å². The van der Waals surface area contributed by atoms with Crippen molar-refractivity contribution in [3.05, 3.63) is 46.7 Å². The number of aliphatic hydroxyl groups excluding tert-OH is 1. The Morgan fingerprint density at radius 1 is 1.26 bits per heavy atom. The van der Waals surface area contributed by atoms with Crippen LogP contribution < -0.4 is 0 Å². The molecule has 1 N–H and O–H groups in total. The van der Waals surface area contributed by atoms with Gasteiger partial charge in [0.15, 0.2) is 0 Å². The van der Waals surface area contributed by atoms with Crippen molar-refractivity contribution in [2.45, 2.75) is 0 Å². The first-order valence-electron chi connectivity index (χ1n) is 6.32. The Hall–Kier alpha value is -1.65. The second kappa shape index (κ2) is 5.15. The van der Waals surface area contributed by atoms with E-state index in [9.17, 15) is 4.79 Å². The van der Waals surface area contributed by atoms with Gasteiger partial charge in [-0.2, -0.15) is 0 Å². The summed E-state index contributed by atoms with van der Waals surface area (Å²) in [5.41, 5.74) is 2.08. The van der Waals surface area contributed by atoms with E-state index < -0.39 is 0 Å². The molecular formula is C15H15NO2S. The molecule has 2 aromatic rings. The highest BCUT2D eigenvalue weighted by molar-refractivity contribution is 7.12. The minimum Gasteiger partial charge on any atom is -0.396 e. The molecule has 3 nitrogen and oxygen atoms in total. The lowest BCUT2D eigenvalue weighted by molar-refractivity contribution is 0.0367. The minimum absolute atomic E-state index is 0.0820. The monoisotopic (exact) mass is 273 g/mol. The molecule has 0 spiro atoms.